The van der Waals surface area contributed by atoms with Gasteiger partial charge in [-0.2, -0.15) is 0 Å². The van der Waals surface area contributed by atoms with E-state index in [4.69, 9.17) is 5.11 Å². The zero-order valence-corrected chi connectivity index (χ0v) is 9.28. The molecule has 1 aromatic rings. The minimum absolute atomic E-state index is 0. The van der Waals surface area contributed by atoms with Crippen LogP contribution in [0.5, 0.6) is 5.75 Å². The van der Waals surface area contributed by atoms with Crippen LogP contribution in [0.15, 0.2) is 24.3 Å². The molecule has 15 heavy (non-hydrogen) atoms. The molecule has 84 valence electrons. The van der Waals surface area contributed by atoms with Gasteiger partial charge in [-0.05, 0) is 30.5 Å². The summed E-state index contributed by atoms with van der Waals surface area (Å²) in [6.45, 7) is 1.92. The van der Waals surface area contributed by atoms with Gasteiger partial charge in [-0.15, -0.1) is 12.4 Å². The number of nitrogens with zero attached hydrogens (tertiary/aromatic N) is 1. The van der Waals surface area contributed by atoms with E-state index >= 15 is 0 Å². The first-order valence-electron chi connectivity index (χ1n) is 4.98. The van der Waals surface area contributed by atoms with Gasteiger partial charge in [0.25, 0.3) is 0 Å². The van der Waals surface area contributed by atoms with Gasteiger partial charge in [0.1, 0.15) is 12.0 Å². The summed E-state index contributed by atoms with van der Waals surface area (Å²) in [6, 6.07) is 6.74. The second-order valence-corrected chi connectivity index (χ2v) is 3.71. The first kappa shape index (κ1) is 12.3. The van der Waals surface area contributed by atoms with Gasteiger partial charge in [0.05, 0.1) is 0 Å². The van der Waals surface area contributed by atoms with E-state index in [-0.39, 0.29) is 18.2 Å². The predicted molar refractivity (Wildman–Crippen MR) is 61.1 cm³/mol. The maximum atomic E-state index is 9.96. The number of hydrogen-bond donors (Lipinski definition) is 2. The van der Waals surface area contributed by atoms with Crippen molar-refractivity contribution >= 4 is 12.4 Å². The molecule has 0 bridgehead atoms. The van der Waals surface area contributed by atoms with Crippen LogP contribution in [0.3, 0.4) is 0 Å². The van der Waals surface area contributed by atoms with Crippen molar-refractivity contribution < 1.29 is 10.2 Å². The summed E-state index contributed by atoms with van der Waals surface area (Å²) < 4.78 is 0. The van der Waals surface area contributed by atoms with E-state index in [0.29, 0.717) is 0 Å². The van der Waals surface area contributed by atoms with Crippen molar-refractivity contribution in [1.29, 1.82) is 0 Å². The number of aliphatic hydroxyl groups excluding tert-OH is 1. The first-order chi connectivity index (χ1) is 6.77. The van der Waals surface area contributed by atoms with E-state index in [1.54, 1.807) is 24.3 Å². The minimum Gasteiger partial charge on any atom is -0.508 e. The quantitative estimate of drug-likeness (QED) is 0.814. The lowest BCUT2D eigenvalue weighted by atomic mass is 10.2. The van der Waals surface area contributed by atoms with E-state index in [0.717, 1.165) is 31.5 Å². The molecule has 2 rings (SSSR count). The van der Waals surface area contributed by atoms with Crippen molar-refractivity contribution in [3.8, 4) is 5.75 Å². The fourth-order valence-electron chi connectivity index (χ4n) is 1.84. The van der Waals surface area contributed by atoms with Crippen molar-refractivity contribution in [3.05, 3.63) is 29.8 Å². The summed E-state index contributed by atoms with van der Waals surface area (Å²) >= 11 is 0. The third-order valence-corrected chi connectivity index (χ3v) is 2.68. The SMILES string of the molecule is Cl.Oc1ccc(C(O)N2CCCC2)cc1. The Bertz CT molecular complexity index is 296. The Morgan fingerprint density at radius 3 is 2.13 bits per heavy atom. The standard InChI is InChI=1S/C11H15NO2.ClH/c13-10-5-3-9(4-6-10)11(14)12-7-1-2-8-12;/h3-6,11,13-14H,1-2,7-8H2;1H. The molecule has 0 radical (unpaired) electrons. The number of likely N-dealkylation sites (tertiary alicyclic amines) is 1. The van der Waals surface area contributed by atoms with Crippen LogP contribution in [0.4, 0.5) is 0 Å². The summed E-state index contributed by atoms with van der Waals surface area (Å²) in [7, 11) is 0. The molecule has 0 aromatic heterocycles. The molecule has 1 atom stereocenters. The molecular formula is C11H16ClNO2. The van der Waals surface area contributed by atoms with Crippen LogP contribution in [0.2, 0.25) is 0 Å². The monoisotopic (exact) mass is 229 g/mol. The van der Waals surface area contributed by atoms with Gasteiger partial charge in [-0.1, -0.05) is 12.1 Å². The Kier molecular flexibility index (Phi) is 4.39. The van der Waals surface area contributed by atoms with Crippen LogP contribution in [0.1, 0.15) is 24.6 Å². The molecule has 1 unspecified atom stereocenters. The number of rotatable bonds is 2. The van der Waals surface area contributed by atoms with Crippen molar-refractivity contribution in [2.75, 3.05) is 13.1 Å². The molecule has 2 N–H and O–H groups in total. The number of aromatic hydroxyl groups is 1. The number of hydrogen-bond acceptors (Lipinski definition) is 3. The molecule has 3 nitrogen and oxygen atoms in total. The van der Waals surface area contributed by atoms with Crippen molar-refractivity contribution in [2.45, 2.75) is 19.1 Å². The van der Waals surface area contributed by atoms with E-state index < -0.39 is 6.23 Å². The third kappa shape index (κ3) is 2.84. The summed E-state index contributed by atoms with van der Waals surface area (Å²) in [5, 5.41) is 19.1. The highest BCUT2D eigenvalue weighted by atomic mass is 35.5. The van der Waals surface area contributed by atoms with E-state index in [2.05, 4.69) is 0 Å². The largest absolute Gasteiger partial charge is 0.508 e. The van der Waals surface area contributed by atoms with Gasteiger partial charge in [-0.25, -0.2) is 0 Å². The lowest BCUT2D eigenvalue weighted by Gasteiger charge is -2.22. The molecule has 0 spiro atoms. The van der Waals surface area contributed by atoms with Crippen LogP contribution >= 0.6 is 12.4 Å². The molecule has 1 saturated heterocycles. The second-order valence-electron chi connectivity index (χ2n) is 3.71. The minimum atomic E-state index is -0.516. The maximum Gasteiger partial charge on any atom is 0.133 e. The van der Waals surface area contributed by atoms with Gasteiger partial charge in [0.2, 0.25) is 0 Å². The van der Waals surface area contributed by atoms with Gasteiger partial charge in [0.15, 0.2) is 0 Å². The number of phenols is 1. The Balaban J connectivity index is 0.00000112. The molecule has 1 fully saturated rings. The second kappa shape index (κ2) is 5.35. The fourth-order valence-corrected chi connectivity index (χ4v) is 1.84. The number of benzene rings is 1. The van der Waals surface area contributed by atoms with E-state index in [1.165, 1.54) is 0 Å². The summed E-state index contributed by atoms with van der Waals surface area (Å²) in [5.74, 6) is 0.238. The topological polar surface area (TPSA) is 43.7 Å². The van der Waals surface area contributed by atoms with E-state index in [9.17, 15) is 5.11 Å². The molecule has 4 heteroatoms. The summed E-state index contributed by atoms with van der Waals surface area (Å²) in [4.78, 5) is 2.05. The maximum absolute atomic E-state index is 9.96. The van der Waals surface area contributed by atoms with Gasteiger partial charge in [0, 0.05) is 13.1 Å². The Hall–Kier alpha value is -0.770. The van der Waals surface area contributed by atoms with Crippen LogP contribution in [-0.4, -0.2) is 28.2 Å². The highest BCUT2D eigenvalue weighted by Crippen LogP contribution is 2.23. The average molecular weight is 230 g/mol. The first-order valence-corrected chi connectivity index (χ1v) is 4.98. The molecule has 1 aliphatic heterocycles. The predicted octanol–water partition coefficient (Wildman–Crippen LogP) is 1.90. The van der Waals surface area contributed by atoms with Gasteiger partial charge in [-0.3, -0.25) is 4.90 Å². The van der Waals surface area contributed by atoms with Crippen molar-refractivity contribution in [2.24, 2.45) is 0 Å². The number of halogens is 1. The van der Waals surface area contributed by atoms with Crippen LogP contribution in [-0.2, 0) is 0 Å². The molecule has 1 aromatic carbocycles. The fraction of sp³-hybridized carbons (Fsp3) is 0.455. The van der Waals surface area contributed by atoms with Crippen LogP contribution < -0.4 is 0 Å². The Labute approximate surface area is 95.8 Å². The molecule has 1 aliphatic rings. The molecule has 1 heterocycles. The summed E-state index contributed by atoms with van der Waals surface area (Å²) in [6.07, 6.45) is 1.81. The van der Waals surface area contributed by atoms with E-state index in [1.807, 2.05) is 4.90 Å². The normalized spacial score (nSPS) is 18.5. The number of aliphatic hydroxyl groups is 1. The van der Waals surface area contributed by atoms with Crippen molar-refractivity contribution in [3.63, 3.8) is 0 Å². The zero-order valence-electron chi connectivity index (χ0n) is 8.47. The van der Waals surface area contributed by atoms with Crippen LogP contribution in [0.25, 0.3) is 0 Å². The van der Waals surface area contributed by atoms with Crippen molar-refractivity contribution in [1.82, 2.24) is 4.90 Å². The van der Waals surface area contributed by atoms with Crippen LogP contribution in [0, 0.1) is 0 Å². The van der Waals surface area contributed by atoms with Gasteiger partial charge >= 0.3 is 0 Å². The highest BCUT2D eigenvalue weighted by Gasteiger charge is 2.20. The summed E-state index contributed by atoms with van der Waals surface area (Å²) in [5.41, 5.74) is 0.852. The number of phenolic OH excluding ortho intramolecular Hbond substituents is 1. The average Bonchev–Trinajstić information content (AvgIpc) is 2.71. The molecule has 0 aliphatic carbocycles. The lowest BCUT2D eigenvalue weighted by Crippen LogP contribution is -2.25. The Morgan fingerprint density at radius 1 is 1.07 bits per heavy atom. The molecule has 0 amide bonds. The molecule has 0 saturated carbocycles. The Morgan fingerprint density at radius 2 is 1.60 bits per heavy atom. The zero-order chi connectivity index (χ0) is 9.97. The molecular weight excluding hydrogens is 214 g/mol. The highest BCUT2D eigenvalue weighted by molar-refractivity contribution is 5.85. The third-order valence-electron chi connectivity index (χ3n) is 2.68. The smallest absolute Gasteiger partial charge is 0.133 e. The lowest BCUT2D eigenvalue weighted by molar-refractivity contribution is 0.0190. The van der Waals surface area contributed by atoms with Gasteiger partial charge < -0.3 is 10.2 Å².